The Morgan fingerprint density at radius 3 is 2.59 bits per heavy atom. The minimum Gasteiger partial charge on any atom is -0.288 e. The number of carbonyl (C=O) groups is 1. The SMILES string of the molecule is O=C(NO)c1nccc2c(F)c(F)c(F)cc12. The van der Waals surface area contributed by atoms with E-state index < -0.39 is 29.1 Å². The molecule has 88 valence electrons. The molecular formula is C10H5F3N2O2. The smallest absolute Gasteiger partial charge is 0.288 e. The summed E-state index contributed by atoms with van der Waals surface area (Å²) >= 11 is 0. The fourth-order valence-corrected chi connectivity index (χ4v) is 1.46. The van der Waals surface area contributed by atoms with Crippen molar-refractivity contribution in [3.05, 3.63) is 41.5 Å². The average molecular weight is 242 g/mol. The predicted octanol–water partition coefficient (Wildman–Crippen LogP) is 1.77. The number of aromatic nitrogens is 1. The zero-order chi connectivity index (χ0) is 12.6. The Hall–Kier alpha value is -2.15. The number of nitrogens with one attached hydrogen (secondary N) is 1. The van der Waals surface area contributed by atoms with Gasteiger partial charge in [0, 0.05) is 17.0 Å². The van der Waals surface area contributed by atoms with Gasteiger partial charge in [-0.05, 0) is 12.1 Å². The lowest BCUT2D eigenvalue weighted by Gasteiger charge is -2.05. The second kappa shape index (κ2) is 4.02. The van der Waals surface area contributed by atoms with Gasteiger partial charge in [-0.2, -0.15) is 0 Å². The average Bonchev–Trinajstić information content (AvgIpc) is 2.34. The first-order valence-electron chi connectivity index (χ1n) is 4.43. The summed E-state index contributed by atoms with van der Waals surface area (Å²) < 4.78 is 39.3. The highest BCUT2D eigenvalue weighted by Gasteiger charge is 2.18. The fraction of sp³-hybridized carbons (Fsp3) is 0. The van der Waals surface area contributed by atoms with Crippen LogP contribution in [0.4, 0.5) is 13.2 Å². The van der Waals surface area contributed by atoms with E-state index >= 15 is 0 Å². The zero-order valence-corrected chi connectivity index (χ0v) is 8.17. The standard InChI is InChI=1S/C10H5F3N2O2/c11-6-3-5-4(7(12)8(6)13)1-2-14-9(5)10(16)15-17/h1-3,17H,(H,15,16). The van der Waals surface area contributed by atoms with E-state index in [-0.39, 0.29) is 10.8 Å². The number of halogens is 3. The van der Waals surface area contributed by atoms with E-state index in [9.17, 15) is 18.0 Å². The first kappa shape index (κ1) is 11.3. The Morgan fingerprint density at radius 2 is 1.94 bits per heavy atom. The van der Waals surface area contributed by atoms with Crippen molar-refractivity contribution < 1.29 is 23.2 Å². The summed E-state index contributed by atoms with van der Waals surface area (Å²) in [6.07, 6.45) is 1.05. The number of rotatable bonds is 1. The molecule has 0 aliphatic rings. The number of hydrogen-bond acceptors (Lipinski definition) is 3. The number of hydrogen-bond donors (Lipinski definition) is 2. The predicted molar refractivity (Wildman–Crippen MR) is 50.9 cm³/mol. The van der Waals surface area contributed by atoms with Crippen molar-refractivity contribution in [3.63, 3.8) is 0 Å². The Labute approximate surface area is 92.7 Å². The largest absolute Gasteiger partial charge is 0.293 e. The summed E-state index contributed by atoms with van der Waals surface area (Å²) in [4.78, 5) is 14.7. The van der Waals surface area contributed by atoms with Crippen molar-refractivity contribution in [2.75, 3.05) is 0 Å². The normalized spacial score (nSPS) is 10.6. The number of carbonyl (C=O) groups excluding carboxylic acids is 1. The van der Waals surface area contributed by atoms with Gasteiger partial charge in [0.1, 0.15) is 5.69 Å². The molecular weight excluding hydrogens is 237 g/mol. The Morgan fingerprint density at radius 1 is 1.24 bits per heavy atom. The van der Waals surface area contributed by atoms with Crippen molar-refractivity contribution in [3.8, 4) is 0 Å². The first-order chi connectivity index (χ1) is 8.06. The van der Waals surface area contributed by atoms with E-state index in [2.05, 4.69) is 4.98 Å². The van der Waals surface area contributed by atoms with Gasteiger partial charge in [0.25, 0.3) is 5.91 Å². The van der Waals surface area contributed by atoms with Gasteiger partial charge in [0.2, 0.25) is 0 Å². The second-order valence-electron chi connectivity index (χ2n) is 3.18. The van der Waals surface area contributed by atoms with Crippen molar-refractivity contribution in [1.82, 2.24) is 10.5 Å². The summed E-state index contributed by atoms with van der Waals surface area (Å²) in [6.45, 7) is 0. The Balaban J connectivity index is 2.86. The Bertz CT molecular complexity index is 616. The molecule has 7 heteroatoms. The van der Waals surface area contributed by atoms with E-state index in [0.29, 0.717) is 6.07 Å². The molecule has 4 nitrogen and oxygen atoms in total. The van der Waals surface area contributed by atoms with Crippen LogP contribution in [-0.4, -0.2) is 16.1 Å². The molecule has 1 aromatic carbocycles. The molecule has 0 unspecified atom stereocenters. The Kier molecular flexibility index (Phi) is 2.68. The van der Waals surface area contributed by atoms with Gasteiger partial charge >= 0.3 is 0 Å². The lowest BCUT2D eigenvalue weighted by Crippen LogP contribution is -2.20. The monoisotopic (exact) mass is 242 g/mol. The second-order valence-corrected chi connectivity index (χ2v) is 3.18. The summed E-state index contributed by atoms with van der Waals surface area (Å²) in [5, 5.41) is 7.92. The fourth-order valence-electron chi connectivity index (χ4n) is 1.46. The molecule has 1 heterocycles. The molecule has 0 atom stereocenters. The molecule has 2 N–H and O–H groups in total. The highest BCUT2D eigenvalue weighted by Crippen LogP contribution is 2.24. The topological polar surface area (TPSA) is 62.2 Å². The molecule has 0 spiro atoms. The van der Waals surface area contributed by atoms with E-state index in [1.165, 1.54) is 5.48 Å². The molecule has 2 aromatic rings. The maximum atomic E-state index is 13.4. The van der Waals surface area contributed by atoms with Crippen LogP contribution in [-0.2, 0) is 0 Å². The van der Waals surface area contributed by atoms with Crippen LogP contribution in [0.2, 0.25) is 0 Å². The third-order valence-corrected chi connectivity index (χ3v) is 2.22. The van der Waals surface area contributed by atoms with Gasteiger partial charge in [-0.3, -0.25) is 15.0 Å². The first-order valence-corrected chi connectivity index (χ1v) is 4.43. The van der Waals surface area contributed by atoms with Crippen LogP contribution in [0, 0.1) is 17.5 Å². The van der Waals surface area contributed by atoms with E-state index in [4.69, 9.17) is 5.21 Å². The molecule has 0 aliphatic carbocycles. The summed E-state index contributed by atoms with van der Waals surface area (Å²) in [5.74, 6) is -5.51. The third kappa shape index (κ3) is 1.70. The van der Waals surface area contributed by atoms with Crippen LogP contribution < -0.4 is 5.48 Å². The maximum absolute atomic E-state index is 13.4. The van der Waals surface area contributed by atoms with E-state index in [0.717, 1.165) is 12.3 Å². The van der Waals surface area contributed by atoms with Gasteiger partial charge in [-0.25, -0.2) is 18.7 Å². The van der Waals surface area contributed by atoms with Gasteiger partial charge < -0.3 is 0 Å². The van der Waals surface area contributed by atoms with Gasteiger partial charge in [0.15, 0.2) is 17.5 Å². The third-order valence-electron chi connectivity index (χ3n) is 2.22. The maximum Gasteiger partial charge on any atom is 0.293 e. The van der Waals surface area contributed by atoms with Crippen LogP contribution in [0.25, 0.3) is 10.8 Å². The molecule has 1 aromatic heterocycles. The molecule has 0 saturated carbocycles. The van der Waals surface area contributed by atoms with E-state index in [1.54, 1.807) is 0 Å². The van der Waals surface area contributed by atoms with E-state index in [1.807, 2.05) is 0 Å². The van der Waals surface area contributed by atoms with Crippen molar-refractivity contribution in [2.45, 2.75) is 0 Å². The summed E-state index contributed by atoms with van der Waals surface area (Å²) in [7, 11) is 0. The van der Waals surface area contributed by atoms with Crippen molar-refractivity contribution >= 4 is 16.7 Å². The number of pyridine rings is 1. The van der Waals surface area contributed by atoms with Crippen LogP contribution in [0.15, 0.2) is 18.3 Å². The van der Waals surface area contributed by atoms with Crippen molar-refractivity contribution in [2.24, 2.45) is 0 Å². The van der Waals surface area contributed by atoms with Crippen LogP contribution in [0.5, 0.6) is 0 Å². The highest BCUT2D eigenvalue weighted by molar-refractivity contribution is 6.04. The molecule has 0 aliphatic heterocycles. The lowest BCUT2D eigenvalue weighted by atomic mass is 10.1. The van der Waals surface area contributed by atoms with Gasteiger partial charge in [0.05, 0.1) is 0 Å². The van der Waals surface area contributed by atoms with Gasteiger partial charge in [-0.15, -0.1) is 0 Å². The lowest BCUT2D eigenvalue weighted by molar-refractivity contribution is 0.0703. The molecule has 0 fully saturated rings. The molecule has 0 saturated heterocycles. The number of nitrogens with zero attached hydrogens (tertiary/aromatic N) is 1. The van der Waals surface area contributed by atoms with Crippen LogP contribution >= 0.6 is 0 Å². The number of fused-ring (bicyclic) bond motifs is 1. The van der Waals surface area contributed by atoms with Crippen LogP contribution in [0.3, 0.4) is 0 Å². The number of hydroxylamine groups is 1. The molecule has 2 rings (SSSR count). The molecule has 17 heavy (non-hydrogen) atoms. The number of amides is 1. The minimum atomic E-state index is -1.63. The summed E-state index contributed by atoms with van der Waals surface area (Å²) in [6, 6.07) is 1.74. The quantitative estimate of drug-likeness (QED) is 0.455. The van der Waals surface area contributed by atoms with Crippen LogP contribution in [0.1, 0.15) is 10.5 Å². The number of benzene rings is 1. The summed E-state index contributed by atoms with van der Waals surface area (Å²) in [5.41, 5.74) is 0.887. The molecule has 0 radical (unpaired) electrons. The van der Waals surface area contributed by atoms with Gasteiger partial charge in [-0.1, -0.05) is 0 Å². The molecule has 1 amide bonds. The van der Waals surface area contributed by atoms with Crippen molar-refractivity contribution in [1.29, 1.82) is 0 Å². The zero-order valence-electron chi connectivity index (χ0n) is 8.17. The highest BCUT2D eigenvalue weighted by atomic mass is 19.2. The minimum absolute atomic E-state index is 0.226. The molecule has 0 bridgehead atoms.